The smallest absolute Gasteiger partial charge is 0.325 e. The van der Waals surface area contributed by atoms with E-state index in [-0.39, 0.29) is 52.5 Å². The number of fused-ring (bicyclic) bond motifs is 3. The van der Waals surface area contributed by atoms with Crippen molar-refractivity contribution >= 4 is 62.3 Å². The van der Waals surface area contributed by atoms with Gasteiger partial charge in [0.2, 0.25) is 5.91 Å². The van der Waals surface area contributed by atoms with Gasteiger partial charge in [0.25, 0.3) is 11.6 Å². The molecule has 1 saturated heterocycles. The largest absolute Gasteiger partial charge is 0.489 e. The lowest BCUT2D eigenvalue weighted by molar-refractivity contribution is -0.384. The minimum atomic E-state index is -0.487. The van der Waals surface area contributed by atoms with Gasteiger partial charge in [0.15, 0.2) is 5.82 Å². The number of benzene rings is 3. The van der Waals surface area contributed by atoms with E-state index in [0.29, 0.717) is 61.4 Å². The van der Waals surface area contributed by atoms with Crippen LogP contribution in [-0.2, 0) is 9.53 Å². The standard InChI is InChI=1S/C48H60BrN9O7/c1-30-22-42(41(24-39(30)49)55-47(61)56-43-26-51-31(2)25-52-43)65-28-35-27-57(20-21-64-35)44(59)12-7-5-6-8-19-50-33-15-13-32(14-16-33)46(60)53-29-48(3,4)45-37-11-9-10-36(37)38-23-34(58(62)63)17-18-40(38)54-45/h13-18,22-26,35-37,45,50,54H,5-12,19-21,27-29H2,1-4H3,(H,53,60)(H2,52,55,56,61)/t35-,36?,37?,45?/m0/s1. The van der Waals surface area contributed by atoms with Crippen molar-refractivity contribution in [3.05, 3.63) is 104 Å². The number of hydrogen-bond acceptors (Lipinski definition) is 11. The Labute approximate surface area is 388 Å². The highest BCUT2D eigenvalue weighted by molar-refractivity contribution is 9.10. The van der Waals surface area contributed by atoms with Gasteiger partial charge in [-0.3, -0.25) is 30.0 Å². The molecule has 0 radical (unpaired) electrons. The quantitative estimate of drug-likeness (QED) is 0.0362. The molecule has 1 aliphatic carbocycles. The first-order chi connectivity index (χ1) is 31.2. The first-order valence-electron chi connectivity index (χ1n) is 22.6. The summed E-state index contributed by atoms with van der Waals surface area (Å²) < 4.78 is 12.9. The predicted octanol–water partition coefficient (Wildman–Crippen LogP) is 9.21. The molecule has 1 saturated carbocycles. The molecule has 7 rings (SSSR count). The first-order valence-corrected chi connectivity index (χ1v) is 23.4. The maximum absolute atomic E-state index is 13.3. The molecule has 3 aliphatic rings. The lowest BCUT2D eigenvalue weighted by atomic mass is 9.69. The molecule has 2 fully saturated rings. The van der Waals surface area contributed by atoms with E-state index in [1.165, 1.54) is 6.20 Å². The zero-order valence-corrected chi connectivity index (χ0v) is 39.2. The minimum absolute atomic E-state index is 0.107. The fourth-order valence-electron chi connectivity index (χ4n) is 9.16. The molecular weight excluding hydrogens is 894 g/mol. The highest BCUT2D eigenvalue weighted by Crippen LogP contribution is 2.52. The molecule has 0 bridgehead atoms. The number of nitro groups is 1. The molecule has 2 aliphatic heterocycles. The molecule has 3 heterocycles. The summed E-state index contributed by atoms with van der Waals surface area (Å²) in [6.45, 7) is 11.0. The van der Waals surface area contributed by atoms with Gasteiger partial charge >= 0.3 is 6.03 Å². The van der Waals surface area contributed by atoms with Gasteiger partial charge in [-0.05, 0) is 105 Å². The van der Waals surface area contributed by atoms with Gasteiger partial charge in [-0.15, -0.1) is 0 Å². The summed E-state index contributed by atoms with van der Waals surface area (Å²) in [6.07, 6.45) is 10.1. The van der Waals surface area contributed by atoms with Crippen LogP contribution in [0.5, 0.6) is 5.75 Å². The van der Waals surface area contributed by atoms with E-state index in [4.69, 9.17) is 9.47 Å². The highest BCUT2D eigenvalue weighted by atomic mass is 79.9. The summed E-state index contributed by atoms with van der Waals surface area (Å²) >= 11 is 3.53. The van der Waals surface area contributed by atoms with E-state index in [1.54, 1.807) is 24.4 Å². The van der Waals surface area contributed by atoms with Gasteiger partial charge in [-0.1, -0.05) is 49.0 Å². The molecule has 4 amide bonds. The molecule has 4 atom stereocenters. The number of hydrogen-bond donors (Lipinski definition) is 5. The molecule has 4 aromatic rings. The van der Waals surface area contributed by atoms with Crippen molar-refractivity contribution in [1.82, 2.24) is 20.2 Å². The van der Waals surface area contributed by atoms with Gasteiger partial charge in [-0.25, -0.2) is 9.78 Å². The van der Waals surface area contributed by atoms with E-state index >= 15 is 0 Å². The zero-order chi connectivity index (χ0) is 46.1. The lowest BCUT2D eigenvalue weighted by Crippen LogP contribution is -2.51. The van der Waals surface area contributed by atoms with E-state index in [1.807, 2.05) is 55.1 Å². The normalized spacial score (nSPS) is 19.0. The number of non-ortho nitro benzene ring substituents is 1. The molecule has 17 heteroatoms. The molecular formula is C48H60BrN9O7. The Morgan fingerprint density at radius 3 is 2.57 bits per heavy atom. The molecule has 0 spiro atoms. The Morgan fingerprint density at radius 1 is 1.00 bits per heavy atom. The molecule has 5 N–H and O–H groups in total. The van der Waals surface area contributed by atoms with Gasteiger partial charge in [-0.2, -0.15) is 0 Å². The number of nitrogens with zero attached hydrogens (tertiary/aromatic N) is 4. The van der Waals surface area contributed by atoms with Crippen LogP contribution in [0.25, 0.3) is 0 Å². The maximum Gasteiger partial charge on any atom is 0.325 e. The number of urea groups is 1. The fourth-order valence-corrected chi connectivity index (χ4v) is 9.50. The average molecular weight is 955 g/mol. The van der Waals surface area contributed by atoms with E-state index < -0.39 is 6.03 Å². The van der Waals surface area contributed by atoms with Crippen molar-refractivity contribution in [3.8, 4) is 5.75 Å². The van der Waals surface area contributed by atoms with E-state index in [9.17, 15) is 24.5 Å². The molecule has 3 unspecified atom stereocenters. The number of halogens is 1. The van der Waals surface area contributed by atoms with Crippen LogP contribution >= 0.6 is 15.9 Å². The summed E-state index contributed by atoms with van der Waals surface area (Å²) in [6, 6.07) is 15.9. The van der Waals surface area contributed by atoms with Crippen molar-refractivity contribution in [2.45, 2.75) is 97.1 Å². The molecule has 65 heavy (non-hydrogen) atoms. The number of amides is 4. The number of anilines is 4. The number of unbranched alkanes of at least 4 members (excludes halogenated alkanes) is 3. The van der Waals surface area contributed by atoms with Crippen LogP contribution in [0.1, 0.15) is 98.3 Å². The summed E-state index contributed by atoms with van der Waals surface area (Å²) in [4.78, 5) is 60.5. The van der Waals surface area contributed by atoms with Crippen LogP contribution in [0.3, 0.4) is 0 Å². The fraction of sp³-hybridized carbons (Fsp3) is 0.479. The van der Waals surface area contributed by atoms with Crippen molar-refractivity contribution < 1.29 is 28.8 Å². The Kier molecular flexibility index (Phi) is 15.6. The van der Waals surface area contributed by atoms with Gasteiger partial charge < -0.3 is 35.6 Å². The number of rotatable bonds is 18. The van der Waals surface area contributed by atoms with Crippen LogP contribution < -0.4 is 31.3 Å². The Balaban J connectivity index is 0.780. The number of ether oxygens (including phenoxy) is 2. The number of aryl methyl sites for hydroxylation is 2. The number of morpholine rings is 1. The van der Waals surface area contributed by atoms with Crippen LogP contribution in [0.4, 0.5) is 33.4 Å². The molecule has 3 aromatic carbocycles. The lowest BCUT2D eigenvalue weighted by Gasteiger charge is -2.45. The molecule has 1 aromatic heterocycles. The van der Waals surface area contributed by atoms with Crippen molar-refractivity contribution in [2.24, 2.45) is 11.3 Å². The second-order valence-corrected chi connectivity index (χ2v) is 18.9. The second-order valence-electron chi connectivity index (χ2n) is 18.1. The number of aromatic nitrogens is 2. The van der Waals surface area contributed by atoms with Crippen LogP contribution in [0, 0.1) is 35.3 Å². The SMILES string of the molecule is Cc1cnc(NC(=O)Nc2cc(Br)c(C)cc2OC[C@@H]2CN(C(=O)CCCCCCNc3ccc(C(=O)NCC(C)(C)C4Nc5ccc([N+](=O)[O-])cc5C5CCCC54)cc3)CCO2)cn1. The van der Waals surface area contributed by atoms with Crippen LogP contribution in [0.15, 0.2) is 71.5 Å². The number of nitrogens with one attached hydrogen (secondary N) is 5. The second kappa shape index (κ2) is 21.5. The van der Waals surface area contributed by atoms with E-state index in [2.05, 4.69) is 66.3 Å². The molecule has 16 nitrogen and oxygen atoms in total. The maximum atomic E-state index is 13.3. The summed E-state index contributed by atoms with van der Waals surface area (Å²) in [5.41, 5.74) is 5.56. The van der Waals surface area contributed by atoms with Crippen molar-refractivity contribution in [3.63, 3.8) is 0 Å². The summed E-state index contributed by atoms with van der Waals surface area (Å²) in [7, 11) is 0. The Hall–Kier alpha value is -5.81. The van der Waals surface area contributed by atoms with Gasteiger partial charge in [0, 0.05) is 71.1 Å². The Bertz CT molecular complexity index is 2330. The molecule has 346 valence electrons. The number of carbonyl (C=O) groups excluding carboxylic acids is 3. The first kappa shape index (κ1) is 47.2. The zero-order valence-electron chi connectivity index (χ0n) is 37.6. The van der Waals surface area contributed by atoms with Gasteiger partial charge in [0.05, 0.1) is 41.8 Å². The predicted molar refractivity (Wildman–Crippen MR) is 255 cm³/mol. The summed E-state index contributed by atoms with van der Waals surface area (Å²) in [5, 5.41) is 27.3. The summed E-state index contributed by atoms with van der Waals surface area (Å²) in [5.74, 6) is 1.41. The van der Waals surface area contributed by atoms with Crippen molar-refractivity contribution in [1.29, 1.82) is 0 Å². The highest BCUT2D eigenvalue weighted by Gasteiger charge is 2.46. The number of nitro benzene ring substituents is 1. The van der Waals surface area contributed by atoms with Crippen LogP contribution in [-0.4, -0.2) is 89.2 Å². The third kappa shape index (κ3) is 12.3. The third-order valence-corrected chi connectivity index (χ3v) is 13.6. The average Bonchev–Trinajstić information content (AvgIpc) is 3.80. The van der Waals surface area contributed by atoms with Gasteiger partial charge in [0.1, 0.15) is 18.5 Å². The third-order valence-electron chi connectivity index (χ3n) is 12.7. The number of carbonyl (C=O) groups is 3. The monoisotopic (exact) mass is 953 g/mol. The Morgan fingerprint density at radius 2 is 1.80 bits per heavy atom. The topological polar surface area (TPSA) is 202 Å². The van der Waals surface area contributed by atoms with Crippen LogP contribution in [0.2, 0.25) is 0 Å². The minimum Gasteiger partial charge on any atom is -0.489 e. The van der Waals surface area contributed by atoms with E-state index in [0.717, 1.165) is 84.2 Å². The van der Waals surface area contributed by atoms with Crippen molar-refractivity contribution in [2.75, 3.05) is 60.7 Å².